The maximum Gasteiger partial charge on any atom is 0.192 e. The maximum atomic E-state index is 6.09. The Morgan fingerprint density at radius 3 is 0.765 bits per heavy atom. The van der Waals surface area contributed by atoms with Crippen LogP contribution in [0.3, 0.4) is 0 Å². The fraction of sp³-hybridized carbons (Fsp3) is 1.00. The van der Waals surface area contributed by atoms with Crippen LogP contribution in [-0.4, -0.2) is 160 Å². The van der Waals surface area contributed by atoms with Gasteiger partial charge in [0.1, 0.15) is 0 Å². The molecule has 0 N–H and O–H groups in total. The van der Waals surface area contributed by atoms with E-state index in [-0.39, 0.29) is 5.04 Å². The average Bonchev–Trinajstić information content (AvgIpc) is 3.10. The van der Waals surface area contributed by atoms with Crippen LogP contribution >= 0.6 is 0 Å². The molecular formula is C38H80O12Si. The Hall–Kier alpha value is -0.263. The van der Waals surface area contributed by atoms with Crippen molar-refractivity contribution in [3.63, 3.8) is 0 Å². The Morgan fingerprint density at radius 2 is 0.510 bits per heavy atom. The third-order valence-corrected chi connectivity index (χ3v) is 12.9. The van der Waals surface area contributed by atoms with Gasteiger partial charge in [0.05, 0.1) is 145 Å². The Morgan fingerprint density at radius 1 is 0.294 bits per heavy atom. The molecule has 0 amide bonds. The highest BCUT2D eigenvalue weighted by Crippen LogP contribution is 2.36. The zero-order valence-electron chi connectivity index (χ0n) is 33.8. The van der Waals surface area contributed by atoms with Gasteiger partial charge in [0.15, 0.2) is 8.32 Å². The molecule has 0 heterocycles. The molecule has 0 bridgehead atoms. The number of ether oxygens (including phenoxy) is 11. The van der Waals surface area contributed by atoms with Gasteiger partial charge in [0.25, 0.3) is 0 Å². The summed E-state index contributed by atoms with van der Waals surface area (Å²) in [6.07, 6.45) is 10.5. The lowest BCUT2D eigenvalue weighted by molar-refractivity contribution is -0.0278. The molecule has 308 valence electrons. The van der Waals surface area contributed by atoms with Crippen LogP contribution in [0, 0.1) is 0 Å². The predicted octanol–water partition coefficient (Wildman–Crippen LogP) is 6.33. The Labute approximate surface area is 313 Å². The zero-order valence-corrected chi connectivity index (χ0v) is 34.8. The molecule has 0 aliphatic carbocycles. The second-order valence-electron chi connectivity index (χ2n) is 13.8. The van der Waals surface area contributed by atoms with Crippen LogP contribution < -0.4 is 0 Å². The van der Waals surface area contributed by atoms with Crippen molar-refractivity contribution in [2.75, 3.05) is 152 Å². The van der Waals surface area contributed by atoms with E-state index in [1.54, 1.807) is 0 Å². The van der Waals surface area contributed by atoms with Gasteiger partial charge in [-0.25, -0.2) is 0 Å². The highest BCUT2D eigenvalue weighted by molar-refractivity contribution is 6.74. The average molecular weight is 757 g/mol. The highest BCUT2D eigenvalue weighted by atomic mass is 28.4. The van der Waals surface area contributed by atoms with Crippen LogP contribution in [-0.2, 0) is 56.5 Å². The van der Waals surface area contributed by atoms with Crippen molar-refractivity contribution in [1.29, 1.82) is 0 Å². The highest BCUT2D eigenvalue weighted by Gasteiger charge is 2.36. The smallest absolute Gasteiger partial charge is 0.192 e. The van der Waals surface area contributed by atoms with Gasteiger partial charge in [-0.3, -0.25) is 0 Å². The van der Waals surface area contributed by atoms with Crippen LogP contribution in [0.4, 0.5) is 0 Å². The van der Waals surface area contributed by atoms with Crippen LogP contribution in [0.25, 0.3) is 0 Å². The van der Waals surface area contributed by atoms with E-state index in [4.69, 9.17) is 56.5 Å². The lowest BCUT2D eigenvalue weighted by Crippen LogP contribution is -2.41. The molecule has 0 radical (unpaired) electrons. The summed E-state index contributed by atoms with van der Waals surface area (Å²) in [4.78, 5) is 0. The van der Waals surface area contributed by atoms with Crippen LogP contribution in [0.5, 0.6) is 0 Å². The normalized spacial score (nSPS) is 12.4. The third-order valence-electron chi connectivity index (χ3n) is 8.36. The Balaban J connectivity index is 3.11. The van der Waals surface area contributed by atoms with E-state index in [1.807, 2.05) is 0 Å². The number of rotatable bonds is 43. The minimum absolute atomic E-state index is 0.218. The van der Waals surface area contributed by atoms with E-state index in [1.165, 1.54) is 44.9 Å². The molecule has 0 rings (SSSR count). The van der Waals surface area contributed by atoms with Crippen molar-refractivity contribution in [3.8, 4) is 0 Å². The molecule has 12 nitrogen and oxygen atoms in total. The molecule has 0 aromatic carbocycles. The van der Waals surface area contributed by atoms with Gasteiger partial charge in [-0.15, -0.1) is 0 Å². The second kappa shape index (κ2) is 39.4. The molecule has 51 heavy (non-hydrogen) atoms. The molecule has 0 fully saturated rings. The summed E-state index contributed by atoms with van der Waals surface area (Å²) >= 11 is 0. The van der Waals surface area contributed by atoms with Crippen LogP contribution in [0.1, 0.15) is 79.1 Å². The monoisotopic (exact) mass is 757 g/mol. The largest absolute Gasteiger partial charge is 0.414 e. The molecule has 0 aromatic heterocycles. The fourth-order valence-corrected chi connectivity index (χ4v) is 5.24. The topological polar surface area (TPSA) is 111 Å². The van der Waals surface area contributed by atoms with Gasteiger partial charge in [-0.1, -0.05) is 72.6 Å². The molecule has 0 aliphatic rings. The van der Waals surface area contributed by atoms with Crippen molar-refractivity contribution in [3.05, 3.63) is 0 Å². The Bertz CT molecular complexity index is 669. The summed E-state index contributed by atoms with van der Waals surface area (Å²) in [5, 5.41) is 0.218. The lowest BCUT2D eigenvalue weighted by Gasteiger charge is -2.36. The standard InChI is InChI=1S/C38H80O12Si/c1-7-8-9-10-11-12-13-14-15-39-16-17-40-18-19-41-20-21-42-22-23-43-24-25-44-26-27-45-28-29-46-30-31-47-32-33-48-34-35-49-36-37-50-51(5,6)38(2,3)4/h7-37H2,1-6H3. The third kappa shape index (κ3) is 39.3. The summed E-state index contributed by atoms with van der Waals surface area (Å²) in [7, 11) is -1.70. The minimum atomic E-state index is -1.70. The van der Waals surface area contributed by atoms with Crippen molar-refractivity contribution in [1.82, 2.24) is 0 Å². The molecule has 13 heteroatoms. The van der Waals surface area contributed by atoms with Crippen molar-refractivity contribution in [2.24, 2.45) is 0 Å². The second-order valence-corrected chi connectivity index (χ2v) is 18.6. The zero-order chi connectivity index (χ0) is 37.4. The van der Waals surface area contributed by atoms with E-state index in [2.05, 4.69) is 40.8 Å². The molecule has 0 spiro atoms. The molecule has 0 saturated heterocycles. The molecule has 0 atom stereocenters. The van der Waals surface area contributed by atoms with E-state index in [0.29, 0.717) is 145 Å². The van der Waals surface area contributed by atoms with E-state index < -0.39 is 8.32 Å². The molecule has 0 unspecified atom stereocenters. The number of hydrogen-bond acceptors (Lipinski definition) is 12. The molecular weight excluding hydrogens is 676 g/mol. The van der Waals surface area contributed by atoms with Gasteiger partial charge in [-0.2, -0.15) is 0 Å². The van der Waals surface area contributed by atoms with E-state index >= 15 is 0 Å². The number of unbranched alkanes of at least 4 members (excludes halogenated alkanes) is 7. The number of hydrogen-bond donors (Lipinski definition) is 0. The first-order chi connectivity index (χ1) is 24.8. The van der Waals surface area contributed by atoms with Crippen LogP contribution in [0.2, 0.25) is 18.1 Å². The first kappa shape index (κ1) is 50.7. The van der Waals surface area contributed by atoms with Gasteiger partial charge in [0, 0.05) is 6.61 Å². The van der Waals surface area contributed by atoms with Gasteiger partial charge in [-0.05, 0) is 24.6 Å². The quantitative estimate of drug-likeness (QED) is 0.0512. The predicted molar refractivity (Wildman–Crippen MR) is 205 cm³/mol. The maximum absolute atomic E-state index is 6.09. The minimum Gasteiger partial charge on any atom is -0.414 e. The summed E-state index contributed by atoms with van der Waals surface area (Å²) in [5.74, 6) is 0. The van der Waals surface area contributed by atoms with Crippen molar-refractivity contribution >= 4 is 8.32 Å². The summed E-state index contributed by atoms with van der Waals surface area (Å²) in [5.41, 5.74) is 0. The van der Waals surface area contributed by atoms with Crippen molar-refractivity contribution in [2.45, 2.75) is 97.2 Å². The summed E-state index contributed by atoms with van der Waals surface area (Å²) < 4.78 is 67.0. The fourth-order valence-electron chi connectivity index (χ4n) is 4.21. The van der Waals surface area contributed by atoms with Gasteiger partial charge in [0.2, 0.25) is 0 Å². The summed E-state index contributed by atoms with van der Waals surface area (Å²) in [6.45, 7) is 26.4. The SMILES string of the molecule is CCCCCCCCCCOCCOCCOCCOCCOCCOCCOCCOCCOCCOCCOCCO[Si](C)(C)C(C)(C)C. The van der Waals surface area contributed by atoms with Gasteiger partial charge < -0.3 is 56.5 Å². The first-order valence-electron chi connectivity index (χ1n) is 19.8. The van der Waals surface area contributed by atoms with E-state index in [9.17, 15) is 0 Å². The van der Waals surface area contributed by atoms with E-state index in [0.717, 1.165) is 13.0 Å². The van der Waals surface area contributed by atoms with Gasteiger partial charge >= 0.3 is 0 Å². The molecule has 0 aliphatic heterocycles. The van der Waals surface area contributed by atoms with Crippen LogP contribution in [0.15, 0.2) is 0 Å². The Kier molecular flexibility index (Phi) is 39.2. The summed E-state index contributed by atoms with van der Waals surface area (Å²) in [6, 6.07) is 0. The lowest BCUT2D eigenvalue weighted by atomic mass is 10.1. The van der Waals surface area contributed by atoms with Crippen molar-refractivity contribution < 1.29 is 56.5 Å². The molecule has 0 aromatic rings. The first-order valence-corrected chi connectivity index (χ1v) is 22.7. The molecule has 0 saturated carbocycles.